The molecule has 1 aromatic carbocycles. The number of aromatic nitrogens is 8. The van der Waals surface area contributed by atoms with E-state index in [9.17, 15) is 4.79 Å². The van der Waals surface area contributed by atoms with E-state index in [0.717, 1.165) is 24.1 Å². The molecule has 14 heteroatoms. The first-order valence-corrected chi connectivity index (χ1v) is 10.4. The fourth-order valence-corrected chi connectivity index (χ4v) is 3.27. The molecule has 0 saturated heterocycles. The van der Waals surface area contributed by atoms with E-state index in [1.165, 1.54) is 4.68 Å². The Balaban J connectivity index is 1.55. The molecule has 1 amide bonds. The first-order valence-electron chi connectivity index (χ1n) is 10.4. The summed E-state index contributed by atoms with van der Waals surface area (Å²) < 4.78 is 7.75. The van der Waals surface area contributed by atoms with Crippen LogP contribution in [0.25, 0.3) is 16.9 Å². The van der Waals surface area contributed by atoms with Gasteiger partial charge in [0.05, 0.1) is 23.5 Å². The number of para-hydroxylation sites is 1. The minimum Gasteiger partial charge on any atom is -0.378 e. The number of fused-ring (bicyclic) bond motifs is 1. The van der Waals surface area contributed by atoms with Crippen molar-refractivity contribution in [3.05, 3.63) is 35.7 Å². The van der Waals surface area contributed by atoms with E-state index in [4.69, 9.17) is 5.73 Å². The molecule has 0 aliphatic rings. The van der Waals surface area contributed by atoms with Crippen molar-refractivity contribution in [2.75, 3.05) is 18.8 Å². The highest BCUT2D eigenvalue weighted by atomic mass is 16.6. The standard InChI is InChI=1S/C19H24N12O2/c1-4-29(5-2)11-15-16(23-28-31(15)18-17(20)25-33-26-18)19(32)24-21-12(3)10-30-14-9-7-6-8-13(14)22-27-30/h6-9H,4-5,10-11H2,1-3H3,(H2,20,25)(H,24,32). The predicted octanol–water partition coefficient (Wildman–Crippen LogP) is 0.625. The number of amides is 1. The zero-order valence-corrected chi connectivity index (χ0v) is 18.5. The van der Waals surface area contributed by atoms with E-state index in [1.54, 1.807) is 11.6 Å². The Morgan fingerprint density at radius 1 is 1.18 bits per heavy atom. The van der Waals surface area contributed by atoms with Crippen molar-refractivity contribution in [3.63, 3.8) is 0 Å². The summed E-state index contributed by atoms with van der Waals surface area (Å²) >= 11 is 0. The first kappa shape index (κ1) is 22.0. The lowest BCUT2D eigenvalue weighted by Crippen LogP contribution is -2.27. The number of hydrogen-bond donors (Lipinski definition) is 2. The Bertz CT molecular complexity index is 1280. The second-order valence-electron chi connectivity index (χ2n) is 7.25. The van der Waals surface area contributed by atoms with Gasteiger partial charge < -0.3 is 5.73 Å². The molecule has 4 aromatic rings. The first-order chi connectivity index (χ1) is 16.0. The maximum atomic E-state index is 12.9. The number of hydrazone groups is 1. The molecule has 0 spiro atoms. The molecule has 3 N–H and O–H groups in total. The summed E-state index contributed by atoms with van der Waals surface area (Å²) in [6.45, 7) is 8.10. The van der Waals surface area contributed by atoms with Crippen molar-refractivity contribution in [1.82, 2.24) is 50.6 Å². The molecule has 14 nitrogen and oxygen atoms in total. The van der Waals surface area contributed by atoms with Crippen LogP contribution in [0.15, 0.2) is 34.0 Å². The lowest BCUT2D eigenvalue weighted by Gasteiger charge is -2.18. The van der Waals surface area contributed by atoms with Gasteiger partial charge in [-0.25, -0.2) is 14.7 Å². The molecule has 4 rings (SSSR count). The summed E-state index contributed by atoms with van der Waals surface area (Å²) in [7, 11) is 0. The number of carbonyl (C=O) groups is 1. The van der Waals surface area contributed by atoms with Crippen LogP contribution in [0, 0.1) is 0 Å². The van der Waals surface area contributed by atoms with Crippen LogP contribution in [0.4, 0.5) is 5.82 Å². The van der Waals surface area contributed by atoms with E-state index in [-0.39, 0.29) is 17.3 Å². The largest absolute Gasteiger partial charge is 0.378 e. The second kappa shape index (κ2) is 9.52. The van der Waals surface area contributed by atoms with Gasteiger partial charge in [0, 0.05) is 6.54 Å². The summed E-state index contributed by atoms with van der Waals surface area (Å²) in [5.41, 5.74) is 11.3. The predicted molar refractivity (Wildman–Crippen MR) is 118 cm³/mol. The Hall–Kier alpha value is -4.20. The van der Waals surface area contributed by atoms with Gasteiger partial charge in [0.15, 0.2) is 5.69 Å². The minimum absolute atomic E-state index is 0.0431. The molecule has 172 valence electrons. The summed E-state index contributed by atoms with van der Waals surface area (Å²) in [4.78, 5) is 15.0. The minimum atomic E-state index is -0.513. The van der Waals surface area contributed by atoms with Crippen molar-refractivity contribution >= 4 is 28.5 Å². The van der Waals surface area contributed by atoms with Crippen molar-refractivity contribution < 1.29 is 9.42 Å². The number of rotatable bonds is 9. The van der Waals surface area contributed by atoms with E-state index >= 15 is 0 Å². The van der Waals surface area contributed by atoms with E-state index in [2.05, 4.69) is 51.0 Å². The molecule has 0 radical (unpaired) electrons. The average molecular weight is 452 g/mol. The van der Waals surface area contributed by atoms with Gasteiger partial charge in [-0.3, -0.25) is 9.69 Å². The molecular weight excluding hydrogens is 428 g/mol. The smallest absolute Gasteiger partial charge is 0.293 e. The van der Waals surface area contributed by atoms with Gasteiger partial charge >= 0.3 is 0 Å². The molecule has 0 unspecified atom stereocenters. The van der Waals surface area contributed by atoms with Crippen LogP contribution >= 0.6 is 0 Å². The van der Waals surface area contributed by atoms with Crippen LogP contribution in [0.1, 0.15) is 37.0 Å². The Labute approximate surface area is 188 Å². The van der Waals surface area contributed by atoms with Crippen LogP contribution in [0.5, 0.6) is 0 Å². The Kier molecular flexibility index (Phi) is 6.35. The van der Waals surface area contributed by atoms with Gasteiger partial charge in [-0.05, 0) is 42.5 Å². The number of anilines is 1. The summed E-state index contributed by atoms with van der Waals surface area (Å²) in [6.07, 6.45) is 0. The SMILES string of the molecule is CCN(CC)Cc1c(C(=O)NN=C(C)Cn2nnc3ccccc32)nnn1-c1nonc1N. The number of benzene rings is 1. The van der Waals surface area contributed by atoms with E-state index in [0.29, 0.717) is 24.5 Å². The summed E-state index contributed by atoms with van der Waals surface area (Å²) in [5, 5.41) is 27.9. The van der Waals surface area contributed by atoms with Crippen LogP contribution in [-0.2, 0) is 13.1 Å². The van der Waals surface area contributed by atoms with Crippen LogP contribution < -0.4 is 11.2 Å². The molecule has 0 aliphatic heterocycles. The maximum Gasteiger partial charge on any atom is 0.293 e. The number of nitrogens with two attached hydrogens (primary N) is 1. The average Bonchev–Trinajstić information content (AvgIpc) is 3.54. The van der Waals surface area contributed by atoms with Crippen molar-refractivity contribution in [1.29, 1.82) is 0 Å². The highest BCUT2D eigenvalue weighted by Gasteiger charge is 2.25. The van der Waals surface area contributed by atoms with Gasteiger partial charge in [-0.2, -0.15) is 9.78 Å². The van der Waals surface area contributed by atoms with Gasteiger partial charge in [0.1, 0.15) is 5.52 Å². The fraction of sp³-hybridized carbons (Fsp3) is 0.368. The molecule has 0 atom stereocenters. The number of nitrogens with zero attached hydrogens (tertiary/aromatic N) is 10. The number of hydrogen-bond acceptors (Lipinski definition) is 11. The molecule has 3 heterocycles. The van der Waals surface area contributed by atoms with E-state index in [1.807, 2.05) is 38.1 Å². The van der Waals surface area contributed by atoms with Crippen molar-refractivity contribution in [2.24, 2.45) is 5.10 Å². The normalized spacial score (nSPS) is 12.1. The van der Waals surface area contributed by atoms with Gasteiger partial charge in [-0.1, -0.05) is 36.4 Å². The third-order valence-corrected chi connectivity index (χ3v) is 5.09. The fourth-order valence-electron chi connectivity index (χ4n) is 3.27. The summed E-state index contributed by atoms with van der Waals surface area (Å²) in [6, 6.07) is 7.61. The third kappa shape index (κ3) is 4.55. The Morgan fingerprint density at radius 2 is 1.97 bits per heavy atom. The van der Waals surface area contributed by atoms with E-state index < -0.39 is 5.91 Å². The van der Waals surface area contributed by atoms with Gasteiger partial charge in [-0.15, -0.1) is 10.2 Å². The Morgan fingerprint density at radius 3 is 2.70 bits per heavy atom. The lowest BCUT2D eigenvalue weighted by atomic mass is 10.2. The molecule has 33 heavy (non-hydrogen) atoms. The van der Waals surface area contributed by atoms with Crippen LogP contribution in [0.3, 0.4) is 0 Å². The number of carbonyl (C=O) groups excluding carboxylic acids is 1. The topological polar surface area (TPSA) is 171 Å². The zero-order valence-electron chi connectivity index (χ0n) is 18.5. The zero-order chi connectivity index (χ0) is 23.4. The monoisotopic (exact) mass is 452 g/mol. The van der Waals surface area contributed by atoms with Gasteiger partial charge in [0.2, 0.25) is 11.6 Å². The number of nitrogens with one attached hydrogen (secondary N) is 1. The number of nitrogen functional groups attached to an aromatic ring is 1. The quantitative estimate of drug-likeness (QED) is 0.271. The highest BCUT2D eigenvalue weighted by Crippen LogP contribution is 2.17. The van der Waals surface area contributed by atoms with Crippen LogP contribution in [0.2, 0.25) is 0 Å². The van der Waals surface area contributed by atoms with Crippen molar-refractivity contribution in [3.8, 4) is 5.82 Å². The molecule has 0 bridgehead atoms. The molecule has 3 aromatic heterocycles. The molecule has 0 saturated carbocycles. The van der Waals surface area contributed by atoms with Crippen molar-refractivity contribution in [2.45, 2.75) is 33.9 Å². The maximum absolute atomic E-state index is 12.9. The third-order valence-electron chi connectivity index (χ3n) is 5.09. The molecule has 0 fully saturated rings. The molecule has 0 aliphatic carbocycles. The molecular formula is C19H24N12O2. The lowest BCUT2D eigenvalue weighted by molar-refractivity contribution is 0.0947. The summed E-state index contributed by atoms with van der Waals surface area (Å²) in [5.74, 6) is -0.302. The van der Waals surface area contributed by atoms with Crippen LogP contribution in [-0.4, -0.2) is 69.9 Å². The van der Waals surface area contributed by atoms with Gasteiger partial charge in [0.25, 0.3) is 5.91 Å². The highest BCUT2D eigenvalue weighted by molar-refractivity contribution is 5.94. The second-order valence-corrected chi connectivity index (χ2v) is 7.25.